The minimum absolute atomic E-state index is 0.0620. The number of aromatic nitrogens is 3. The van der Waals surface area contributed by atoms with Crippen molar-refractivity contribution in [3.8, 4) is 5.75 Å². The molecule has 20 heavy (non-hydrogen) atoms. The number of methoxy groups -OCH3 is 1. The summed E-state index contributed by atoms with van der Waals surface area (Å²) in [5.41, 5.74) is 1.03. The largest absolute Gasteiger partial charge is 0.490 e. The van der Waals surface area contributed by atoms with Crippen LogP contribution in [-0.4, -0.2) is 28.6 Å². The molecule has 0 aliphatic heterocycles. The van der Waals surface area contributed by atoms with Crippen molar-refractivity contribution in [2.75, 3.05) is 24.3 Å². The summed E-state index contributed by atoms with van der Waals surface area (Å²) in [5, 5.41) is 9.54. The molecule has 0 saturated heterocycles. The van der Waals surface area contributed by atoms with E-state index in [-0.39, 0.29) is 6.04 Å². The molecule has 6 nitrogen and oxygen atoms in total. The molecule has 108 valence electrons. The van der Waals surface area contributed by atoms with Crippen molar-refractivity contribution in [3.05, 3.63) is 22.4 Å². The molecule has 2 aromatic rings. The van der Waals surface area contributed by atoms with Gasteiger partial charge in [-0.1, -0.05) is 0 Å². The van der Waals surface area contributed by atoms with Crippen LogP contribution in [0.15, 0.2) is 11.7 Å². The Bertz CT molecular complexity index is 572. The lowest BCUT2D eigenvalue weighted by molar-refractivity contribution is 0.414. The van der Waals surface area contributed by atoms with Gasteiger partial charge in [0.1, 0.15) is 11.3 Å². The first-order valence-electron chi connectivity index (χ1n) is 6.47. The van der Waals surface area contributed by atoms with E-state index in [1.807, 2.05) is 26.2 Å². The highest BCUT2D eigenvalue weighted by molar-refractivity contribution is 7.09. The number of rotatable bonds is 6. The molecular formula is C13H19N5OS. The number of anilines is 2. The molecule has 0 aliphatic carbocycles. The van der Waals surface area contributed by atoms with Gasteiger partial charge in [-0.05, 0) is 20.8 Å². The van der Waals surface area contributed by atoms with Crippen molar-refractivity contribution < 1.29 is 4.74 Å². The van der Waals surface area contributed by atoms with E-state index < -0.39 is 0 Å². The highest BCUT2D eigenvalue weighted by Crippen LogP contribution is 2.31. The number of aryl methyl sites for hydroxylation is 1. The van der Waals surface area contributed by atoms with Gasteiger partial charge in [0.25, 0.3) is 0 Å². The molecule has 0 saturated carbocycles. The standard InChI is InChI=1S/C13H19N5OS/c1-5-14-11-10(19-4)12(16-7-15-11)18-9(3)13-17-8(2)6-20-13/h6-7,9H,5H2,1-4H3,(H2,14,15,16,18). The Morgan fingerprint density at radius 3 is 2.70 bits per heavy atom. The van der Waals surface area contributed by atoms with Gasteiger partial charge >= 0.3 is 0 Å². The Labute approximate surface area is 122 Å². The van der Waals surface area contributed by atoms with Crippen molar-refractivity contribution in [3.63, 3.8) is 0 Å². The summed E-state index contributed by atoms with van der Waals surface area (Å²) >= 11 is 1.63. The zero-order valence-electron chi connectivity index (χ0n) is 12.1. The van der Waals surface area contributed by atoms with Gasteiger partial charge in [-0.3, -0.25) is 0 Å². The molecule has 2 heterocycles. The lowest BCUT2D eigenvalue weighted by Gasteiger charge is -2.16. The minimum atomic E-state index is 0.0620. The fourth-order valence-electron chi connectivity index (χ4n) is 1.80. The predicted molar refractivity (Wildman–Crippen MR) is 81.6 cm³/mol. The van der Waals surface area contributed by atoms with Gasteiger partial charge in [0.15, 0.2) is 11.6 Å². The molecule has 0 bridgehead atoms. The molecule has 1 atom stereocenters. The number of nitrogens with zero attached hydrogens (tertiary/aromatic N) is 3. The number of ether oxygens (including phenoxy) is 1. The van der Waals surface area contributed by atoms with Gasteiger partial charge in [-0.2, -0.15) is 0 Å². The zero-order chi connectivity index (χ0) is 14.5. The Hall–Kier alpha value is -1.89. The topological polar surface area (TPSA) is 72.0 Å². The highest BCUT2D eigenvalue weighted by Gasteiger charge is 2.16. The Kier molecular flexibility index (Phi) is 4.73. The average Bonchev–Trinajstić information content (AvgIpc) is 2.86. The van der Waals surface area contributed by atoms with Gasteiger partial charge < -0.3 is 15.4 Å². The molecular weight excluding hydrogens is 274 g/mol. The summed E-state index contributed by atoms with van der Waals surface area (Å²) in [4.78, 5) is 12.9. The average molecular weight is 293 g/mol. The molecule has 0 radical (unpaired) electrons. The summed E-state index contributed by atoms with van der Waals surface area (Å²) in [6.45, 7) is 6.82. The van der Waals surface area contributed by atoms with Crippen LogP contribution in [0.2, 0.25) is 0 Å². The third-order valence-electron chi connectivity index (χ3n) is 2.71. The minimum Gasteiger partial charge on any atom is -0.490 e. The molecule has 0 aliphatic rings. The van der Waals surface area contributed by atoms with E-state index in [9.17, 15) is 0 Å². The zero-order valence-corrected chi connectivity index (χ0v) is 12.9. The first kappa shape index (κ1) is 14.5. The first-order chi connectivity index (χ1) is 9.65. The van der Waals surface area contributed by atoms with Crippen molar-refractivity contribution in [2.45, 2.75) is 26.8 Å². The van der Waals surface area contributed by atoms with Gasteiger partial charge in [0.2, 0.25) is 5.75 Å². The van der Waals surface area contributed by atoms with E-state index in [1.165, 1.54) is 6.33 Å². The Morgan fingerprint density at radius 2 is 2.10 bits per heavy atom. The van der Waals surface area contributed by atoms with E-state index >= 15 is 0 Å². The van der Waals surface area contributed by atoms with Crippen molar-refractivity contribution in [2.24, 2.45) is 0 Å². The van der Waals surface area contributed by atoms with Gasteiger partial charge in [0, 0.05) is 17.6 Å². The van der Waals surface area contributed by atoms with Crippen LogP contribution in [0.25, 0.3) is 0 Å². The maximum Gasteiger partial charge on any atom is 0.204 e. The lowest BCUT2D eigenvalue weighted by atomic mass is 10.3. The molecule has 2 N–H and O–H groups in total. The van der Waals surface area contributed by atoms with Gasteiger partial charge in [0.05, 0.1) is 13.2 Å². The quantitative estimate of drug-likeness (QED) is 0.853. The molecule has 7 heteroatoms. The van der Waals surface area contributed by atoms with Crippen molar-refractivity contribution in [1.29, 1.82) is 0 Å². The maximum absolute atomic E-state index is 5.40. The Balaban J connectivity index is 2.22. The normalized spacial score (nSPS) is 12.0. The molecule has 0 spiro atoms. The number of hydrogen-bond donors (Lipinski definition) is 2. The fourth-order valence-corrected chi connectivity index (χ4v) is 2.60. The highest BCUT2D eigenvalue weighted by atomic mass is 32.1. The second-order valence-electron chi connectivity index (χ2n) is 4.33. The van der Waals surface area contributed by atoms with Crippen LogP contribution >= 0.6 is 11.3 Å². The number of thiazole rings is 1. The molecule has 0 aromatic carbocycles. The van der Waals surface area contributed by atoms with Crippen LogP contribution in [-0.2, 0) is 0 Å². The van der Waals surface area contributed by atoms with E-state index in [2.05, 4.69) is 25.6 Å². The summed E-state index contributed by atoms with van der Waals surface area (Å²) in [6, 6.07) is 0.0620. The molecule has 2 aromatic heterocycles. The number of hydrogen-bond acceptors (Lipinski definition) is 7. The molecule has 1 unspecified atom stereocenters. The second-order valence-corrected chi connectivity index (χ2v) is 5.22. The van der Waals surface area contributed by atoms with Crippen molar-refractivity contribution in [1.82, 2.24) is 15.0 Å². The van der Waals surface area contributed by atoms with Crippen LogP contribution < -0.4 is 15.4 Å². The maximum atomic E-state index is 5.40. The molecule has 2 rings (SSSR count). The van der Waals surface area contributed by atoms with Crippen LogP contribution in [0.5, 0.6) is 5.75 Å². The Morgan fingerprint density at radius 1 is 1.35 bits per heavy atom. The smallest absolute Gasteiger partial charge is 0.204 e. The SMILES string of the molecule is CCNc1ncnc(NC(C)c2nc(C)cs2)c1OC. The third-order valence-corrected chi connectivity index (χ3v) is 3.86. The van der Waals surface area contributed by atoms with E-state index in [4.69, 9.17) is 4.74 Å². The van der Waals surface area contributed by atoms with Crippen LogP contribution in [0, 0.1) is 6.92 Å². The van der Waals surface area contributed by atoms with E-state index in [1.54, 1.807) is 18.4 Å². The third kappa shape index (κ3) is 3.16. The fraction of sp³-hybridized carbons (Fsp3) is 0.462. The van der Waals surface area contributed by atoms with Crippen molar-refractivity contribution >= 4 is 23.0 Å². The summed E-state index contributed by atoms with van der Waals surface area (Å²) < 4.78 is 5.40. The van der Waals surface area contributed by atoms with Crippen LogP contribution in [0.4, 0.5) is 11.6 Å². The predicted octanol–water partition coefficient (Wildman–Crippen LogP) is 2.86. The molecule has 0 fully saturated rings. The monoisotopic (exact) mass is 293 g/mol. The van der Waals surface area contributed by atoms with Crippen LogP contribution in [0.1, 0.15) is 30.6 Å². The van der Waals surface area contributed by atoms with E-state index in [0.29, 0.717) is 17.4 Å². The molecule has 0 amide bonds. The first-order valence-corrected chi connectivity index (χ1v) is 7.35. The summed E-state index contributed by atoms with van der Waals surface area (Å²) in [7, 11) is 1.61. The number of nitrogens with one attached hydrogen (secondary N) is 2. The van der Waals surface area contributed by atoms with Gasteiger partial charge in [-0.25, -0.2) is 15.0 Å². The second kappa shape index (κ2) is 6.51. The summed E-state index contributed by atoms with van der Waals surface area (Å²) in [5.74, 6) is 1.98. The summed E-state index contributed by atoms with van der Waals surface area (Å²) in [6.07, 6.45) is 1.52. The van der Waals surface area contributed by atoms with Gasteiger partial charge in [-0.15, -0.1) is 11.3 Å². The van der Waals surface area contributed by atoms with Crippen LogP contribution in [0.3, 0.4) is 0 Å². The lowest BCUT2D eigenvalue weighted by Crippen LogP contribution is -2.11. The van der Waals surface area contributed by atoms with E-state index in [0.717, 1.165) is 17.2 Å².